The van der Waals surface area contributed by atoms with Gasteiger partial charge in [-0.1, -0.05) is 0 Å². The molecule has 0 atom stereocenters. The summed E-state index contributed by atoms with van der Waals surface area (Å²) in [5.74, 6) is 2.51. The minimum Gasteiger partial charge on any atom is -0.497 e. The Hall–Kier alpha value is -1.75. The van der Waals surface area contributed by atoms with Crippen LogP contribution < -0.4 is 25.0 Å². The van der Waals surface area contributed by atoms with Crippen molar-refractivity contribution in [2.24, 2.45) is 4.99 Å². The molecule has 0 bridgehead atoms. The van der Waals surface area contributed by atoms with E-state index in [0.717, 1.165) is 60.6 Å². The second kappa shape index (κ2) is 12.2. The number of ether oxygens (including phenoxy) is 2. The topological polar surface area (TPSA) is 71.0 Å². The van der Waals surface area contributed by atoms with Crippen LogP contribution in [0.5, 0.6) is 11.5 Å². The van der Waals surface area contributed by atoms with Gasteiger partial charge in [0.1, 0.15) is 11.5 Å². The summed E-state index contributed by atoms with van der Waals surface area (Å²) in [6, 6.07) is 6.44. The van der Waals surface area contributed by atoms with Crippen LogP contribution in [0.15, 0.2) is 29.4 Å². The first-order chi connectivity index (χ1) is 14.1. The Morgan fingerprint density at radius 1 is 1.20 bits per heavy atom. The number of piperidine rings is 1. The van der Waals surface area contributed by atoms with Crippen LogP contribution in [0.1, 0.15) is 29.7 Å². The molecule has 7 nitrogen and oxygen atoms in total. The number of methoxy groups -OCH3 is 2. The number of nitrogens with one attached hydrogen (secondary N) is 2. The number of aryl methyl sites for hydroxylation is 1. The number of thiazole rings is 1. The van der Waals surface area contributed by atoms with E-state index in [1.54, 1.807) is 25.6 Å². The number of aromatic nitrogens is 1. The Morgan fingerprint density at radius 3 is 2.40 bits per heavy atom. The summed E-state index contributed by atoms with van der Waals surface area (Å²) in [5, 5.41) is 8.03. The molecule has 1 aromatic heterocycles. The third-order valence-corrected chi connectivity index (χ3v) is 5.84. The number of hydrogen-bond acceptors (Lipinski definition) is 6. The largest absolute Gasteiger partial charge is 0.497 e. The number of anilines is 1. The van der Waals surface area contributed by atoms with Gasteiger partial charge >= 0.3 is 0 Å². The van der Waals surface area contributed by atoms with Gasteiger partial charge in [-0.3, -0.25) is 0 Å². The van der Waals surface area contributed by atoms with Crippen LogP contribution in [-0.2, 0) is 6.54 Å². The van der Waals surface area contributed by atoms with Crippen molar-refractivity contribution >= 4 is 47.0 Å². The van der Waals surface area contributed by atoms with Crippen LogP contribution in [0.3, 0.4) is 0 Å². The van der Waals surface area contributed by atoms with E-state index in [-0.39, 0.29) is 24.0 Å². The van der Waals surface area contributed by atoms with E-state index in [1.807, 2.05) is 19.2 Å². The fraction of sp³-hybridized carbons (Fsp3) is 0.524. The molecule has 2 N–H and O–H groups in total. The van der Waals surface area contributed by atoms with Crippen molar-refractivity contribution < 1.29 is 9.47 Å². The molecular weight excluding hydrogens is 513 g/mol. The SMILES string of the molecule is CCNC(=NCc1cnc(C)s1)NC1CCN(c2cc(OC)cc(OC)c2)CC1.I. The molecule has 1 saturated heterocycles. The van der Waals surface area contributed by atoms with Crippen molar-refractivity contribution in [2.45, 2.75) is 39.3 Å². The monoisotopic (exact) mass is 545 g/mol. The van der Waals surface area contributed by atoms with Crippen molar-refractivity contribution in [3.05, 3.63) is 34.3 Å². The van der Waals surface area contributed by atoms with Gasteiger partial charge in [0.15, 0.2) is 5.96 Å². The predicted octanol–water partition coefficient (Wildman–Crippen LogP) is 3.81. The number of hydrogen-bond donors (Lipinski definition) is 2. The average Bonchev–Trinajstić information content (AvgIpc) is 3.17. The third kappa shape index (κ3) is 6.90. The molecule has 0 aliphatic carbocycles. The maximum Gasteiger partial charge on any atom is 0.191 e. The Morgan fingerprint density at radius 2 is 1.87 bits per heavy atom. The van der Waals surface area contributed by atoms with E-state index in [4.69, 9.17) is 14.5 Å². The molecular formula is C21H32IN5O2S. The first-order valence-corrected chi connectivity index (χ1v) is 10.9. The van der Waals surface area contributed by atoms with E-state index < -0.39 is 0 Å². The molecule has 0 unspecified atom stereocenters. The lowest BCUT2D eigenvalue weighted by Crippen LogP contribution is -2.48. The minimum atomic E-state index is 0. The van der Waals surface area contributed by atoms with Gasteiger partial charge in [-0.15, -0.1) is 35.3 Å². The van der Waals surface area contributed by atoms with Gasteiger partial charge in [-0.25, -0.2) is 9.98 Å². The second-order valence-corrected chi connectivity index (χ2v) is 8.34. The van der Waals surface area contributed by atoms with Crippen molar-refractivity contribution in [1.82, 2.24) is 15.6 Å². The quantitative estimate of drug-likeness (QED) is 0.314. The summed E-state index contributed by atoms with van der Waals surface area (Å²) in [4.78, 5) is 12.6. The number of benzene rings is 1. The van der Waals surface area contributed by atoms with Gasteiger partial charge in [-0.2, -0.15) is 0 Å². The molecule has 30 heavy (non-hydrogen) atoms. The molecule has 166 valence electrons. The highest BCUT2D eigenvalue weighted by Gasteiger charge is 2.21. The zero-order valence-electron chi connectivity index (χ0n) is 18.1. The second-order valence-electron chi connectivity index (χ2n) is 7.02. The maximum absolute atomic E-state index is 5.41. The molecule has 2 aromatic rings. The van der Waals surface area contributed by atoms with Gasteiger partial charge in [0.25, 0.3) is 0 Å². The lowest BCUT2D eigenvalue weighted by atomic mass is 10.0. The minimum absolute atomic E-state index is 0. The van der Waals surface area contributed by atoms with E-state index in [0.29, 0.717) is 12.6 Å². The number of rotatable bonds is 7. The van der Waals surface area contributed by atoms with E-state index in [1.165, 1.54) is 4.88 Å². The normalized spacial score (nSPS) is 14.8. The number of aliphatic imine (C=N–C) groups is 1. The molecule has 1 aliphatic heterocycles. The fourth-order valence-electron chi connectivity index (χ4n) is 3.41. The molecule has 9 heteroatoms. The molecule has 1 aliphatic rings. The zero-order valence-corrected chi connectivity index (χ0v) is 21.3. The van der Waals surface area contributed by atoms with Gasteiger partial charge in [0.2, 0.25) is 0 Å². The predicted molar refractivity (Wildman–Crippen MR) is 135 cm³/mol. The summed E-state index contributed by atoms with van der Waals surface area (Å²) < 4.78 is 10.8. The van der Waals surface area contributed by atoms with E-state index in [2.05, 4.69) is 39.6 Å². The average molecular weight is 545 g/mol. The van der Waals surface area contributed by atoms with Crippen LogP contribution in [0.25, 0.3) is 0 Å². The summed E-state index contributed by atoms with van der Waals surface area (Å²) in [6.07, 6.45) is 4.00. The molecule has 1 fully saturated rings. The smallest absolute Gasteiger partial charge is 0.191 e. The number of nitrogens with zero attached hydrogens (tertiary/aromatic N) is 3. The molecule has 3 rings (SSSR count). The molecule has 1 aromatic carbocycles. The highest BCUT2D eigenvalue weighted by molar-refractivity contribution is 14.0. The number of guanidine groups is 1. The Kier molecular flexibility index (Phi) is 9.96. The highest BCUT2D eigenvalue weighted by Crippen LogP contribution is 2.30. The van der Waals surface area contributed by atoms with Crippen LogP contribution >= 0.6 is 35.3 Å². The molecule has 2 heterocycles. The molecule has 0 saturated carbocycles. The lowest BCUT2D eigenvalue weighted by molar-refractivity contribution is 0.393. The summed E-state index contributed by atoms with van der Waals surface area (Å²) >= 11 is 1.70. The fourth-order valence-corrected chi connectivity index (χ4v) is 4.13. The van der Waals surface area contributed by atoms with Crippen molar-refractivity contribution in [3.63, 3.8) is 0 Å². The van der Waals surface area contributed by atoms with Crippen LogP contribution in [-0.4, -0.2) is 50.8 Å². The van der Waals surface area contributed by atoms with Gasteiger partial charge < -0.3 is 25.0 Å². The van der Waals surface area contributed by atoms with Crippen molar-refractivity contribution in [1.29, 1.82) is 0 Å². The zero-order chi connectivity index (χ0) is 20.6. The number of halogens is 1. The maximum atomic E-state index is 5.41. The molecule has 0 radical (unpaired) electrons. The summed E-state index contributed by atoms with van der Waals surface area (Å²) in [7, 11) is 3.37. The highest BCUT2D eigenvalue weighted by atomic mass is 127. The summed E-state index contributed by atoms with van der Waals surface area (Å²) in [6.45, 7) is 7.56. The van der Waals surface area contributed by atoms with Crippen molar-refractivity contribution in [3.8, 4) is 11.5 Å². The van der Waals surface area contributed by atoms with E-state index >= 15 is 0 Å². The standard InChI is InChI=1S/C21H31N5O2S.HI/c1-5-22-21(24-14-20-13-23-15(2)29-20)25-16-6-8-26(9-7-16)17-10-18(27-3)12-19(11-17)28-4;/h10-13,16H,5-9,14H2,1-4H3,(H2,22,24,25);1H. The first-order valence-electron chi connectivity index (χ1n) is 10.1. The van der Waals surface area contributed by atoms with Crippen LogP contribution in [0, 0.1) is 6.92 Å². The molecule has 0 amide bonds. The first kappa shape index (κ1) is 24.5. The Balaban J connectivity index is 0.00000320. The Bertz CT molecular complexity index is 799. The van der Waals surface area contributed by atoms with Crippen LogP contribution in [0.2, 0.25) is 0 Å². The lowest BCUT2D eigenvalue weighted by Gasteiger charge is -2.34. The molecule has 0 spiro atoms. The third-order valence-electron chi connectivity index (χ3n) is 4.94. The van der Waals surface area contributed by atoms with Gasteiger partial charge in [0.05, 0.1) is 25.8 Å². The van der Waals surface area contributed by atoms with Crippen LogP contribution in [0.4, 0.5) is 5.69 Å². The van der Waals surface area contributed by atoms with Gasteiger partial charge in [-0.05, 0) is 26.7 Å². The Labute approximate surface area is 200 Å². The van der Waals surface area contributed by atoms with Gasteiger partial charge in [0, 0.05) is 60.6 Å². The van der Waals surface area contributed by atoms with E-state index in [9.17, 15) is 0 Å². The van der Waals surface area contributed by atoms with Crippen molar-refractivity contribution in [2.75, 3.05) is 38.8 Å². The summed E-state index contributed by atoms with van der Waals surface area (Å²) in [5.41, 5.74) is 1.14.